The van der Waals surface area contributed by atoms with Gasteiger partial charge in [0.05, 0.1) is 0 Å². The summed E-state index contributed by atoms with van der Waals surface area (Å²) in [5.74, 6) is 0.0353. The van der Waals surface area contributed by atoms with Crippen molar-refractivity contribution in [3.63, 3.8) is 0 Å². The van der Waals surface area contributed by atoms with Crippen LogP contribution in [0.3, 0.4) is 0 Å². The number of ketones is 1. The van der Waals surface area contributed by atoms with Gasteiger partial charge in [-0.1, -0.05) is 0 Å². The Morgan fingerprint density at radius 1 is 1.70 bits per heavy atom. The third-order valence-corrected chi connectivity index (χ3v) is 1.21. The van der Waals surface area contributed by atoms with Crippen molar-refractivity contribution in [3.8, 4) is 0 Å². The van der Waals surface area contributed by atoms with E-state index in [1.807, 2.05) is 0 Å². The van der Waals surface area contributed by atoms with Gasteiger partial charge in [-0.15, -0.1) is 0 Å². The van der Waals surface area contributed by atoms with Gasteiger partial charge in [0.2, 0.25) is 0 Å². The second-order valence-corrected chi connectivity index (χ2v) is 1.91. The first-order chi connectivity index (χ1) is 4.84. The summed E-state index contributed by atoms with van der Waals surface area (Å²) in [7, 11) is 0. The number of pyridine rings is 1. The Morgan fingerprint density at radius 3 is 3.00 bits per heavy atom. The predicted molar refractivity (Wildman–Crippen MR) is 38.5 cm³/mol. The number of aromatic nitrogens is 1. The predicted octanol–water partition coefficient (Wildman–Crippen LogP) is 1.49. The fourth-order valence-corrected chi connectivity index (χ4v) is 0.672. The van der Waals surface area contributed by atoms with Gasteiger partial charge < -0.3 is 0 Å². The lowest BCUT2D eigenvalue weighted by molar-refractivity contribution is 0.0994. The molecule has 10 heavy (non-hydrogen) atoms. The van der Waals surface area contributed by atoms with Crippen LogP contribution in [0.1, 0.15) is 16.8 Å². The van der Waals surface area contributed by atoms with Gasteiger partial charge in [0, 0.05) is 24.4 Å². The lowest BCUT2D eigenvalue weighted by Crippen LogP contribution is -1.95. The zero-order chi connectivity index (χ0) is 7.40. The van der Waals surface area contributed by atoms with E-state index in [1.54, 1.807) is 24.5 Å². The van der Waals surface area contributed by atoms with Crippen LogP contribution in [0.4, 0.5) is 0 Å². The van der Waals surface area contributed by atoms with E-state index in [1.165, 1.54) is 0 Å². The fourth-order valence-electron chi connectivity index (χ4n) is 0.672. The summed E-state index contributed by atoms with van der Waals surface area (Å²) in [6.07, 6.45) is 3.49. The molecule has 0 aliphatic rings. The van der Waals surface area contributed by atoms with Crippen molar-refractivity contribution in [2.75, 3.05) is 0 Å². The number of hydrogen-bond donors (Lipinski definition) is 0. The quantitative estimate of drug-likeness (QED) is 0.573. The standard InChI is InChI=1S/C8H8NO/c1-2-8(10)7-4-3-5-9-6-7/h3-6H,1-2H2. The lowest BCUT2D eigenvalue weighted by atomic mass is 10.1. The molecule has 0 atom stereocenters. The summed E-state index contributed by atoms with van der Waals surface area (Å²) in [6.45, 7) is 3.48. The minimum Gasteiger partial charge on any atom is -0.294 e. The molecule has 0 bridgehead atoms. The number of carbonyl (C=O) groups is 1. The molecule has 1 aromatic rings. The molecule has 1 heterocycles. The first-order valence-electron chi connectivity index (χ1n) is 3.07. The van der Waals surface area contributed by atoms with Gasteiger partial charge >= 0.3 is 0 Å². The minimum absolute atomic E-state index is 0.0353. The summed E-state index contributed by atoms with van der Waals surface area (Å²) in [6, 6.07) is 3.48. The number of rotatable bonds is 2. The average Bonchev–Trinajstić information content (AvgIpc) is 2.05. The maximum Gasteiger partial charge on any atom is 0.164 e. The molecule has 0 saturated heterocycles. The number of hydrogen-bond acceptors (Lipinski definition) is 2. The maximum atomic E-state index is 10.9. The van der Waals surface area contributed by atoms with Crippen LogP contribution in [0.5, 0.6) is 0 Å². The molecule has 2 nitrogen and oxygen atoms in total. The van der Waals surface area contributed by atoms with E-state index in [0.29, 0.717) is 12.0 Å². The van der Waals surface area contributed by atoms with Gasteiger partial charge in [-0.05, 0) is 19.1 Å². The third kappa shape index (κ3) is 1.41. The second-order valence-electron chi connectivity index (χ2n) is 1.91. The number of carbonyl (C=O) groups excluding carboxylic acids is 1. The Labute approximate surface area is 59.9 Å². The van der Waals surface area contributed by atoms with Crippen molar-refractivity contribution in [2.45, 2.75) is 6.42 Å². The van der Waals surface area contributed by atoms with Crippen LogP contribution < -0.4 is 0 Å². The molecule has 0 fully saturated rings. The summed E-state index contributed by atoms with van der Waals surface area (Å²) in [5.41, 5.74) is 0.637. The van der Waals surface area contributed by atoms with Crippen molar-refractivity contribution >= 4 is 5.78 Å². The lowest BCUT2D eigenvalue weighted by Gasteiger charge is -1.92. The third-order valence-electron chi connectivity index (χ3n) is 1.21. The van der Waals surface area contributed by atoms with Crippen LogP contribution in [0, 0.1) is 6.92 Å². The Morgan fingerprint density at radius 2 is 2.50 bits per heavy atom. The van der Waals surface area contributed by atoms with Gasteiger partial charge in [0.15, 0.2) is 5.78 Å². The molecule has 51 valence electrons. The molecular weight excluding hydrogens is 126 g/mol. The van der Waals surface area contributed by atoms with Crippen molar-refractivity contribution in [1.29, 1.82) is 0 Å². The summed E-state index contributed by atoms with van der Waals surface area (Å²) in [5, 5.41) is 0. The van der Waals surface area contributed by atoms with Crippen molar-refractivity contribution in [3.05, 3.63) is 37.0 Å². The largest absolute Gasteiger partial charge is 0.294 e. The highest BCUT2D eigenvalue weighted by molar-refractivity contribution is 5.95. The molecule has 0 amide bonds. The van der Waals surface area contributed by atoms with Gasteiger partial charge in [-0.3, -0.25) is 9.78 Å². The molecular formula is C8H8NO. The zero-order valence-corrected chi connectivity index (χ0v) is 5.58. The summed E-state index contributed by atoms with van der Waals surface area (Å²) in [4.78, 5) is 14.7. The summed E-state index contributed by atoms with van der Waals surface area (Å²) >= 11 is 0. The first kappa shape index (κ1) is 6.93. The van der Waals surface area contributed by atoms with Crippen molar-refractivity contribution in [1.82, 2.24) is 4.98 Å². The molecule has 0 aromatic carbocycles. The molecule has 2 heteroatoms. The van der Waals surface area contributed by atoms with Crippen LogP contribution >= 0.6 is 0 Å². The van der Waals surface area contributed by atoms with Crippen LogP contribution in [0.15, 0.2) is 24.5 Å². The van der Waals surface area contributed by atoms with Crippen LogP contribution in [-0.2, 0) is 0 Å². The maximum absolute atomic E-state index is 10.9. The zero-order valence-electron chi connectivity index (χ0n) is 5.58. The molecule has 0 spiro atoms. The summed E-state index contributed by atoms with van der Waals surface area (Å²) < 4.78 is 0. The molecule has 1 rings (SSSR count). The minimum atomic E-state index is 0.0353. The van der Waals surface area contributed by atoms with E-state index >= 15 is 0 Å². The van der Waals surface area contributed by atoms with Gasteiger partial charge in [-0.2, -0.15) is 0 Å². The Balaban J connectivity index is 2.85. The van der Waals surface area contributed by atoms with E-state index in [9.17, 15) is 4.79 Å². The Bertz CT molecular complexity index is 218. The molecule has 0 aliphatic carbocycles. The van der Waals surface area contributed by atoms with Crippen LogP contribution in [0.2, 0.25) is 0 Å². The van der Waals surface area contributed by atoms with Gasteiger partial charge in [0.1, 0.15) is 0 Å². The SMILES string of the molecule is [CH2]CC(=O)c1cccnc1. The molecule has 1 aromatic heterocycles. The number of Topliss-reactive ketones (excluding diaryl/α,β-unsaturated/α-hetero) is 1. The number of nitrogens with zero attached hydrogens (tertiary/aromatic N) is 1. The van der Waals surface area contributed by atoms with Crippen LogP contribution in [-0.4, -0.2) is 10.8 Å². The molecule has 0 unspecified atom stereocenters. The van der Waals surface area contributed by atoms with Crippen molar-refractivity contribution < 1.29 is 4.79 Å². The first-order valence-corrected chi connectivity index (χ1v) is 3.07. The molecule has 1 radical (unpaired) electrons. The fraction of sp³-hybridized carbons (Fsp3) is 0.125. The normalized spacial score (nSPS) is 9.30. The Hall–Kier alpha value is -1.18. The smallest absolute Gasteiger partial charge is 0.164 e. The average molecular weight is 134 g/mol. The van der Waals surface area contributed by atoms with Gasteiger partial charge in [0.25, 0.3) is 0 Å². The highest BCUT2D eigenvalue weighted by atomic mass is 16.1. The molecule has 0 saturated carbocycles. The van der Waals surface area contributed by atoms with E-state index in [4.69, 9.17) is 0 Å². The highest BCUT2D eigenvalue weighted by Gasteiger charge is 1.99. The van der Waals surface area contributed by atoms with E-state index in [2.05, 4.69) is 11.9 Å². The Kier molecular flexibility index (Phi) is 2.15. The van der Waals surface area contributed by atoms with Gasteiger partial charge in [-0.25, -0.2) is 0 Å². The topological polar surface area (TPSA) is 30.0 Å². The monoisotopic (exact) mass is 134 g/mol. The van der Waals surface area contributed by atoms with E-state index in [0.717, 1.165) is 0 Å². The highest BCUT2D eigenvalue weighted by Crippen LogP contribution is 1.98. The van der Waals surface area contributed by atoms with Crippen LogP contribution in [0.25, 0.3) is 0 Å². The van der Waals surface area contributed by atoms with Crippen molar-refractivity contribution in [2.24, 2.45) is 0 Å². The molecule has 0 aliphatic heterocycles. The van der Waals surface area contributed by atoms with E-state index < -0.39 is 0 Å². The second kappa shape index (κ2) is 3.11. The van der Waals surface area contributed by atoms with E-state index in [-0.39, 0.29) is 5.78 Å². The molecule has 0 N–H and O–H groups in total.